The van der Waals surface area contributed by atoms with Gasteiger partial charge in [0.25, 0.3) is 0 Å². The zero-order chi connectivity index (χ0) is 14.1. The van der Waals surface area contributed by atoms with Crippen molar-refractivity contribution >= 4 is 11.8 Å². The van der Waals surface area contributed by atoms with Crippen molar-refractivity contribution in [2.75, 3.05) is 20.6 Å². The number of hydrogen-bond acceptors (Lipinski definition) is 3. The Hall–Kier alpha value is -1.10. The molecule has 0 fully saturated rings. The van der Waals surface area contributed by atoms with Crippen LogP contribution in [0.25, 0.3) is 0 Å². The second-order valence-electron chi connectivity index (χ2n) is 4.91. The molecule has 0 saturated carbocycles. The molecule has 0 rings (SSSR count). The monoisotopic (exact) mass is 257 g/mol. The minimum Gasteiger partial charge on any atom is -0.347 e. The first-order valence-electron chi connectivity index (χ1n) is 6.62. The van der Waals surface area contributed by atoms with Crippen molar-refractivity contribution in [1.29, 1.82) is 0 Å². The smallest absolute Gasteiger partial charge is 0.244 e. The van der Waals surface area contributed by atoms with Gasteiger partial charge in [0, 0.05) is 20.5 Å². The van der Waals surface area contributed by atoms with Crippen LogP contribution in [0.15, 0.2) is 0 Å². The minimum absolute atomic E-state index is 0.0619. The minimum atomic E-state index is -0.456. The predicted molar refractivity (Wildman–Crippen MR) is 73.0 cm³/mol. The third-order valence-corrected chi connectivity index (χ3v) is 3.12. The first-order valence-corrected chi connectivity index (χ1v) is 6.62. The quantitative estimate of drug-likeness (QED) is 0.673. The summed E-state index contributed by atoms with van der Waals surface area (Å²) in [5.41, 5.74) is 5.51. The van der Waals surface area contributed by atoms with Crippen molar-refractivity contribution < 1.29 is 9.59 Å². The summed E-state index contributed by atoms with van der Waals surface area (Å²) in [6.07, 6.45) is 3.29. The SMILES string of the molecule is CCC(CCN)CCC(=O)NC(C)C(=O)N(C)C. The van der Waals surface area contributed by atoms with Gasteiger partial charge < -0.3 is 16.0 Å². The van der Waals surface area contributed by atoms with E-state index in [2.05, 4.69) is 12.2 Å². The summed E-state index contributed by atoms with van der Waals surface area (Å²) in [5, 5.41) is 2.72. The number of nitrogens with two attached hydrogens (primary N) is 1. The third kappa shape index (κ3) is 6.59. The largest absolute Gasteiger partial charge is 0.347 e. The van der Waals surface area contributed by atoms with Gasteiger partial charge in [-0.1, -0.05) is 13.3 Å². The van der Waals surface area contributed by atoms with E-state index >= 15 is 0 Å². The molecule has 0 radical (unpaired) electrons. The van der Waals surface area contributed by atoms with Crippen LogP contribution in [0.2, 0.25) is 0 Å². The van der Waals surface area contributed by atoms with Crippen molar-refractivity contribution in [2.24, 2.45) is 11.7 Å². The number of hydrogen-bond donors (Lipinski definition) is 2. The van der Waals surface area contributed by atoms with Gasteiger partial charge in [0.1, 0.15) is 6.04 Å². The van der Waals surface area contributed by atoms with Crippen LogP contribution in [0.4, 0.5) is 0 Å². The number of amides is 2. The third-order valence-electron chi connectivity index (χ3n) is 3.12. The molecule has 0 aliphatic heterocycles. The number of carbonyl (C=O) groups is 2. The molecule has 0 saturated heterocycles. The molecule has 0 aromatic carbocycles. The maximum Gasteiger partial charge on any atom is 0.244 e. The van der Waals surface area contributed by atoms with Crippen LogP contribution < -0.4 is 11.1 Å². The summed E-state index contributed by atoms with van der Waals surface area (Å²) in [6.45, 7) is 4.48. The van der Waals surface area contributed by atoms with Gasteiger partial charge in [-0.2, -0.15) is 0 Å². The van der Waals surface area contributed by atoms with Gasteiger partial charge in [-0.05, 0) is 32.2 Å². The highest BCUT2D eigenvalue weighted by atomic mass is 16.2. The molecule has 2 atom stereocenters. The summed E-state index contributed by atoms with van der Waals surface area (Å²) in [4.78, 5) is 24.7. The van der Waals surface area contributed by atoms with Crippen molar-refractivity contribution in [3.63, 3.8) is 0 Å². The summed E-state index contributed by atoms with van der Waals surface area (Å²) < 4.78 is 0. The van der Waals surface area contributed by atoms with Crippen LogP contribution in [-0.2, 0) is 9.59 Å². The normalized spacial score (nSPS) is 13.8. The van der Waals surface area contributed by atoms with Gasteiger partial charge in [-0.3, -0.25) is 9.59 Å². The molecule has 5 heteroatoms. The van der Waals surface area contributed by atoms with E-state index in [4.69, 9.17) is 5.73 Å². The molecular weight excluding hydrogens is 230 g/mol. The second kappa shape index (κ2) is 8.91. The molecule has 2 amide bonds. The van der Waals surface area contributed by atoms with Crippen molar-refractivity contribution in [1.82, 2.24) is 10.2 Å². The summed E-state index contributed by atoms with van der Waals surface area (Å²) >= 11 is 0. The maximum atomic E-state index is 11.7. The van der Waals surface area contributed by atoms with Gasteiger partial charge in [0.15, 0.2) is 0 Å². The molecule has 0 aliphatic carbocycles. The van der Waals surface area contributed by atoms with E-state index in [0.29, 0.717) is 18.9 Å². The van der Waals surface area contributed by atoms with Crippen LogP contribution in [0, 0.1) is 5.92 Å². The fourth-order valence-electron chi connectivity index (χ4n) is 1.89. The Balaban J connectivity index is 4.00. The lowest BCUT2D eigenvalue weighted by Gasteiger charge is -2.19. The maximum absolute atomic E-state index is 11.7. The van der Waals surface area contributed by atoms with E-state index in [1.54, 1.807) is 21.0 Å². The summed E-state index contributed by atoms with van der Waals surface area (Å²) in [6, 6.07) is -0.456. The number of nitrogens with one attached hydrogen (secondary N) is 1. The van der Waals surface area contributed by atoms with E-state index in [1.165, 1.54) is 4.90 Å². The molecule has 106 valence electrons. The van der Waals surface area contributed by atoms with Gasteiger partial charge in [0.2, 0.25) is 11.8 Å². The lowest BCUT2D eigenvalue weighted by molar-refractivity contribution is -0.134. The fraction of sp³-hybridized carbons (Fsp3) is 0.846. The number of likely N-dealkylation sites (N-methyl/N-ethyl adjacent to an activating group) is 1. The van der Waals surface area contributed by atoms with Gasteiger partial charge in [0.05, 0.1) is 0 Å². The van der Waals surface area contributed by atoms with E-state index < -0.39 is 6.04 Å². The lowest BCUT2D eigenvalue weighted by Crippen LogP contribution is -2.44. The zero-order valence-electron chi connectivity index (χ0n) is 12.0. The Kier molecular flexibility index (Phi) is 8.37. The highest BCUT2D eigenvalue weighted by Gasteiger charge is 2.17. The molecule has 0 bridgehead atoms. The van der Waals surface area contributed by atoms with Crippen LogP contribution in [0.1, 0.15) is 39.5 Å². The Morgan fingerprint density at radius 3 is 2.33 bits per heavy atom. The van der Waals surface area contributed by atoms with E-state index in [1.807, 2.05) is 0 Å². The average molecular weight is 257 g/mol. The van der Waals surface area contributed by atoms with Crippen molar-refractivity contribution in [3.8, 4) is 0 Å². The highest BCUT2D eigenvalue weighted by Crippen LogP contribution is 2.14. The first-order chi connectivity index (χ1) is 8.42. The molecule has 0 aromatic rings. The fourth-order valence-corrected chi connectivity index (χ4v) is 1.89. The molecule has 3 N–H and O–H groups in total. The average Bonchev–Trinajstić information content (AvgIpc) is 2.33. The van der Waals surface area contributed by atoms with Crippen LogP contribution >= 0.6 is 0 Å². The van der Waals surface area contributed by atoms with Crippen molar-refractivity contribution in [2.45, 2.75) is 45.6 Å². The van der Waals surface area contributed by atoms with Crippen LogP contribution in [-0.4, -0.2) is 43.4 Å². The van der Waals surface area contributed by atoms with Crippen molar-refractivity contribution in [3.05, 3.63) is 0 Å². The molecule has 5 nitrogen and oxygen atoms in total. The second-order valence-corrected chi connectivity index (χ2v) is 4.91. The van der Waals surface area contributed by atoms with Gasteiger partial charge >= 0.3 is 0 Å². The lowest BCUT2D eigenvalue weighted by atomic mass is 9.96. The predicted octanol–water partition coefficient (Wildman–Crippen LogP) is 0.735. The van der Waals surface area contributed by atoms with Crippen LogP contribution in [0.3, 0.4) is 0 Å². The Labute approximate surface area is 110 Å². The van der Waals surface area contributed by atoms with E-state index in [-0.39, 0.29) is 11.8 Å². The molecule has 0 heterocycles. The number of nitrogens with zero attached hydrogens (tertiary/aromatic N) is 1. The topological polar surface area (TPSA) is 75.4 Å². The Morgan fingerprint density at radius 2 is 1.89 bits per heavy atom. The Morgan fingerprint density at radius 1 is 1.28 bits per heavy atom. The zero-order valence-corrected chi connectivity index (χ0v) is 12.0. The number of carbonyl (C=O) groups excluding carboxylic acids is 2. The summed E-state index contributed by atoms with van der Waals surface area (Å²) in [7, 11) is 3.36. The molecular formula is C13H27N3O2. The van der Waals surface area contributed by atoms with Crippen LogP contribution in [0.5, 0.6) is 0 Å². The molecule has 2 unspecified atom stereocenters. The Bertz CT molecular complexity index is 267. The molecule has 0 aromatic heterocycles. The summed E-state index contributed by atoms with van der Waals surface area (Å²) in [5.74, 6) is 0.353. The van der Waals surface area contributed by atoms with Gasteiger partial charge in [-0.15, -0.1) is 0 Å². The van der Waals surface area contributed by atoms with E-state index in [0.717, 1.165) is 19.3 Å². The van der Waals surface area contributed by atoms with Gasteiger partial charge in [-0.25, -0.2) is 0 Å². The number of rotatable bonds is 8. The highest BCUT2D eigenvalue weighted by molar-refractivity contribution is 5.86. The first kappa shape index (κ1) is 16.9. The molecule has 0 spiro atoms. The standard InChI is InChI=1S/C13H27N3O2/c1-5-11(8-9-14)6-7-12(17)15-10(2)13(18)16(3)4/h10-11H,5-9,14H2,1-4H3,(H,15,17). The molecule has 0 aliphatic rings. The molecule has 18 heavy (non-hydrogen) atoms. The van der Waals surface area contributed by atoms with E-state index in [9.17, 15) is 9.59 Å².